The number of hydrogen-bond acceptors (Lipinski definition) is 7. The number of carbonyl (C=O) groups excluding carboxylic acids is 1. The van der Waals surface area contributed by atoms with Crippen LogP contribution in [-0.2, 0) is 4.74 Å². The van der Waals surface area contributed by atoms with E-state index < -0.39 is 33.3 Å². The Morgan fingerprint density at radius 3 is 1.91 bits per heavy atom. The third kappa shape index (κ3) is 5.48. The zero-order valence-electron chi connectivity index (χ0n) is 18.1. The van der Waals surface area contributed by atoms with E-state index in [0.717, 1.165) is 29.3 Å². The van der Waals surface area contributed by atoms with Crippen LogP contribution < -0.4 is 4.74 Å². The first-order valence-corrected chi connectivity index (χ1v) is 10.4. The molecule has 4 aromatic carbocycles. The van der Waals surface area contributed by atoms with Crippen molar-refractivity contribution in [2.24, 2.45) is 0 Å². The topological polar surface area (TPSA) is 122 Å². The maximum absolute atomic E-state index is 13.0. The van der Waals surface area contributed by atoms with Gasteiger partial charge < -0.3 is 9.47 Å². The molecule has 9 nitrogen and oxygen atoms in total. The van der Waals surface area contributed by atoms with Gasteiger partial charge in [0.05, 0.1) is 21.5 Å². The van der Waals surface area contributed by atoms with Crippen molar-refractivity contribution in [2.75, 3.05) is 0 Å². The molecule has 0 bridgehead atoms. The minimum atomic E-state index is -0.773. The number of nitro benzene ring substituents is 2. The first kappa shape index (κ1) is 23.1. The van der Waals surface area contributed by atoms with Crippen molar-refractivity contribution in [3.8, 4) is 11.5 Å². The molecule has 0 aromatic heterocycles. The van der Waals surface area contributed by atoms with Crippen LogP contribution in [0.3, 0.4) is 0 Å². The summed E-state index contributed by atoms with van der Waals surface area (Å²) < 4.78 is 11.4. The number of nitrogens with zero attached hydrogens (tertiary/aromatic N) is 2. The Labute approximate surface area is 199 Å². The fourth-order valence-electron chi connectivity index (χ4n) is 3.42. The highest BCUT2D eigenvalue weighted by atomic mass is 16.6. The van der Waals surface area contributed by atoms with Crippen molar-refractivity contribution in [1.29, 1.82) is 0 Å². The number of carbonyl (C=O) groups is 1. The van der Waals surface area contributed by atoms with Crippen molar-refractivity contribution in [2.45, 2.75) is 6.10 Å². The van der Waals surface area contributed by atoms with Gasteiger partial charge in [0, 0.05) is 6.07 Å². The van der Waals surface area contributed by atoms with Crippen LogP contribution in [0.5, 0.6) is 11.5 Å². The van der Waals surface area contributed by atoms with Gasteiger partial charge in [0.2, 0.25) is 5.75 Å². The third-order valence-electron chi connectivity index (χ3n) is 5.08. The summed E-state index contributed by atoms with van der Waals surface area (Å²) in [4.78, 5) is 33.9. The molecule has 35 heavy (non-hydrogen) atoms. The molecule has 0 amide bonds. The van der Waals surface area contributed by atoms with E-state index in [2.05, 4.69) is 0 Å². The lowest BCUT2D eigenvalue weighted by atomic mass is 10.0. The summed E-state index contributed by atoms with van der Waals surface area (Å²) in [7, 11) is 0. The normalized spacial score (nSPS) is 10.5. The maximum Gasteiger partial charge on any atom is 0.339 e. The van der Waals surface area contributed by atoms with E-state index in [4.69, 9.17) is 9.47 Å². The van der Waals surface area contributed by atoms with Gasteiger partial charge in [-0.3, -0.25) is 20.2 Å². The fraction of sp³-hybridized carbons (Fsp3) is 0.0385. The lowest BCUT2D eigenvalue weighted by molar-refractivity contribution is -0.394. The smallest absolute Gasteiger partial charge is 0.339 e. The molecule has 0 saturated heterocycles. The van der Waals surface area contributed by atoms with Crippen LogP contribution in [0.2, 0.25) is 0 Å². The van der Waals surface area contributed by atoms with E-state index in [1.807, 2.05) is 60.7 Å². The van der Waals surface area contributed by atoms with E-state index >= 15 is 0 Å². The number of ether oxygens (including phenoxy) is 2. The zero-order chi connectivity index (χ0) is 24.8. The summed E-state index contributed by atoms with van der Waals surface area (Å²) in [6.07, 6.45) is -0.648. The monoisotopic (exact) mass is 470 g/mol. The maximum atomic E-state index is 13.0. The molecule has 174 valence electrons. The third-order valence-corrected chi connectivity index (χ3v) is 5.08. The van der Waals surface area contributed by atoms with E-state index in [1.54, 1.807) is 6.07 Å². The molecule has 0 unspecified atom stereocenters. The van der Waals surface area contributed by atoms with E-state index in [0.29, 0.717) is 0 Å². The second kappa shape index (κ2) is 10.3. The Bertz CT molecular complexity index is 1340. The van der Waals surface area contributed by atoms with Crippen molar-refractivity contribution < 1.29 is 24.1 Å². The van der Waals surface area contributed by atoms with Gasteiger partial charge >= 0.3 is 11.7 Å². The van der Waals surface area contributed by atoms with Crippen LogP contribution >= 0.6 is 0 Å². The number of benzene rings is 4. The van der Waals surface area contributed by atoms with Crippen LogP contribution in [-0.4, -0.2) is 15.8 Å². The lowest BCUT2D eigenvalue weighted by Crippen LogP contribution is -2.13. The lowest BCUT2D eigenvalue weighted by Gasteiger charge is -2.19. The molecule has 0 saturated carbocycles. The number of rotatable bonds is 8. The summed E-state index contributed by atoms with van der Waals surface area (Å²) in [5.41, 5.74) is 0.750. The quantitative estimate of drug-likeness (QED) is 0.170. The Morgan fingerprint density at radius 1 is 0.714 bits per heavy atom. The van der Waals surface area contributed by atoms with E-state index in [1.165, 1.54) is 18.2 Å². The Balaban J connectivity index is 1.60. The van der Waals surface area contributed by atoms with Gasteiger partial charge in [0.1, 0.15) is 5.75 Å². The van der Waals surface area contributed by atoms with Crippen molar-refractivity contribution in [3.05, 3.63) is 140 Å². The largest absolute Gasteiger partial charge is 0.450 e. The van der Waals surface area contributed by atoms with Crippen LogP contribution in [0.4, 0.5) is 11.4 Å². The SMILES string of the molecule is O=C(OC(c1ccccc1)c1ccccc1)c1cccc(Oc2ccc([N+](=O)[O-])cc2[N+](=O)[O-])c1. The average molecular weight is 470 g/mol. The molecule has 0 heterocycles. The molecule has 9 heteroatoms. The molecular weight excluding hydrogens is 452 g/mol. The molecule has 0 atom stereocenters. The molecule has 0 radical (unpaired) electrons. The zero-order valence-corrected chi connectivity index (χ0v) is 18.1. The molecule has 0 aliphatic rings. The molecule has 0 N–H and O–H groups in total. The van der Waals surface area contributed by atoms with Crippen molar-refractivity contribution in [1.82, 2.24) is 0 Å². The minimum absolute atomic E-state index is 0.132. The number of nitro groups is 2. The standard InChI is InChI=1S/C26H18N2O7/c29-26(35-25(18-8-3-1-4-9-18)19-10-5-2-6-11-19)20-12-7-13-22(16-20)34-24-15-14-21(27(30)31)17-23(24)28(32)33/h1-17,25H. The molecule has 0 aliphatic heterocycles. The van der Waals surface area contributed by atoms with E-state index in [9.17, 15) is 25.0 Å². The highest BCUT2D eigenvalue weighted by Gasteiger charge is 2.23. The molecule has 0 fully saturated rings. The predicted molar refractivity (Wildman–Crippen MR) is 126 cm³/mol. The minimum Gasteiger partial charge on any atom is -0.450 e. The van der Waals surface area contributed by atoms with Crippen LogP contribution in [0.1, 0.15) is 27.6 Å². The van der Waals surface area contributed by atoms with Gasteiger partial charge in [-0.1, -0.05) is 66.7 Å². The predicted octanol–water partition coefficient (Wildman–Crippen LogP) is 6.24. The van der Waals surface area contributed by atoms with Crippen LogP contribution in [0, 0.1) is 20.2 Å². The average Bonchev–Trinajstić information content (AvgIpc) is 2.88. The second-order valence-corrected chi connectivity index (χ2v) is 7.40. The number of esters is 1. The Kier molecular flexibility index (Phi) is 6.78. The molecule has 4 aromatic rings. The van der Waals surface area contributed by atoms with Gasteiger partial charge in [-0.2, -0.15) is 0 Å². The number of non-ortho nitro benzene ring substituents is 1. The first-order valence-electron chi connectivity index (χ1n) is 10.4. The molecule has 0 aliphatic carbocycles. The summed E-state index contributed by atoms with van der Waals surface area (Å²) in [5.74, 6) is -0.684. The molecule has 4 rings (SSSR count). The van der Waals surface area contributed by atoms with Crippen LogP contribution in [0.25, 0.3) is 0 Å². The van der Waals surface area contributed by atoms with Gasteiger partial charge in [-0.15, -0.1) is 0 Å². The van der Waals surface area contributed by atoms with Gasteiger partial charge in [-0.25, -0.2) is 4.79 Å². The molecule has 0 spiro atoms. The van der Waals surface area contributed by atoms with Gasteiger partial charge in [-0.05, 0) is 35.4 Å². The Hall–Kier alpha value is -5.05. The van der Waals surface area contributed by atoms with Crippen molar-refractivity contribution >= 4 is 17.3 Å². The van der Waals surface area contributed by atoms with Gasteiger partial charge in [0.25, 0.3) is 5.69 Å². The van der Waals surface area contributed by atoms with Crippen molar-refractivity contribution in [3.63, 3.8) is 0 Å². The van der Waals surface area contributed by atoms with E-state index in [-0.39, 0.29) is 17.1 Å². The fourth-order valence-corrected chi connectivity index (χ4v) is 3.42. The summed E-state index contributed by atoms with van der Waals surface area (Å²) in [5, 5.41) is 22.3. The second-order valence-electron chi connectivity index (χ2n) is 7.40. The highest BCUT2D eigenvalue weighted by Crippen LogP contribution is 2.35. The van der Waals surface area contributed by atoms with Gasteiger partial charge in [0.15, 0.2) is 6.10 Å². The Morgan fingerprint density at radius 2 is 1.34 bits per heavy atom. The van der Waals surface area contributed by atoms with Crippen LogP contribution in [0.15, 0.2) is 103 Å². The molecular formula is C26H18N2O7. The summed E-state index contributed by atoms with van der Waals surface area (Å²) >= 11 is 0. The number of hydrogen-bond donors (Lipinski definition) is 0. The first-order chi connectivity index (χ1) is 16.9. The highest BCUT2D eigenvalue weighted by molar-refractivity contribution is 5.90. The summed E-state index contributed by atoms with van der Waals surface area (Å²) in [6.45, 7) is 0. The summed E-state index contributed by atoms with van der Waals surface area (Å²) in [6, 6.07) is 27.6.